The molecule has 0 bridgehead atoms. The molecule has 22 heavy (non-hydrogen) atoms. The number of carbonyl (C=O) groups is 1. The monoisotopic (exact) mass is 441 g/mol. The lowest BCUT2D eigenvalue weighted by atomic mass is 10.5. The fraction of sp³-hybridized carbons (Fsp3) is 0.615. The molecule has 1 aromatic heterocycles. The number of hydrogen-bond donors (Lipinski definition) is 3. The Morgan fingerprint density at radius 1 is 1.41 bits per heavy atom. The molecular formula is C13H24IN5O2S. The molecule has 126 valence electrons. The highest BCUT2D eigenvalue weighted by atomic mass is 127. The first kappa shape index (κ1) is 21.1. The van der Waals surface area contributed by atoms with Gasteiger partial charge in [0.25, 0.3) is 0 Å². The van der Waals surface area contributed by atoms with Gasteiger partial charge in [0.1, 0.15) is 11.6 Å². The predicted octanol–water partition coefficient (Wildman–Crippen LogP) is 0.887. The Morgan fingerprint density at radius 2 is 2.18 bits per heavy atom. The number of nitrogens with one attached hydrogen (secondary N) is 3. The van der Waals surface area contributed by atoms with Crippen molar-refractivity contribution in [3.05, 3.63) is 16.1 Å². The van der Waals surface area contributed by atoms with Gasteiger partial charge in [-0.3, -0.25) is 4.79 Å². The molecule has 7 nitrogen and oxygen atoms in total. The topological polar surface area (TPSA) is 87.6 Å². The predicted molar refractivity (Wildman–Crippen MR) is 100.0 cm³/mol. The smallest absolute Gasteiger partial charge is 0.241 e. The lowest BCUT2D eigenvalue weighted by Crippen LogP contribution is -2.38. The van der Waals surface area contributed by atoms with Gasteiger partial charge in [0.2, 0.25) is 5.91 Å². The van der Waals surface area contributed by atoms with Crippen LogP contribution in [-0.2, 0) is 16.1 Å². The lowest BCUT2D eigenvalue weighted by Gasteiger charge is -2.10. The Kier molecular flexibility index (Phi) is 12.1. The number of nitrogens with zero attached hydrogens (tertiary/aromatic N) is 2. The van der Waals surface area contributed by atoms with E-state index in [-0.39, 0.29) is 36.4 Å². The molecule has 0 atom stereocenters. The van der Waals surface area contributed by atoms with E-state index in [1.54, 1.807) is 18.4 Å². The van der Waals surface area contributed by atoms with Crippen LogP contribution >= 0.6 is 35.3 Å². The minimum atomic E-state index is -0.130. The number of methoxy groups -OCH3 is 1. The van der Waals surface area contributed by atoms with Crippen molar-refractivity contribution >= 4 is 47.2 Å². The van der Waals surface area contributed by atoms with Gasteiger partial charge >= 0.3 is 0 Å². The number of aliphatic imine (C=N–C) groups is 1. The standard InChI is InChI=1S/C13H23N5O2S.HI/c1-4-14-13(17-8-11(19)15-5-6-20-3)18-9-12-16-7-10(2)21-12;/h7H,4-6,8-9H2,1-3H3,(H,15,19)(H2,14,17,18);1H. The summed E-state index contributed by atoms with van der Waals surface area (Å²) in [5, 5.41) is 9.96. The fourth-order valence-corrected chi connectivity index (χ4v) is 2.21. The molecule has 0 aliphatic heterocycles. The van der Waals surface area contributed by atoms with E-state index in [9.17, 15) is 4.79 Å². The SMILES string of the molecule is CCNC(=NCC(=O)NCCOC)NCc1ncc(C)s1.I. The Morgan fingerprint density at radius 3 is 2.77 bits per heavy atom. The molecular weight excluding hydrogens is 417 g/mol. The normalized spacial score (nSPS) is 10.8. The summed E-state index contributed by atoms with van der Waals surface area (Å²) in [7, 11) is 1.60. The molecule has 9 heteroatoms. The summed E-state index contributed by atoms with van der Waals surface area (Å²) in [5.74, 6) is 0.474. The molecule has 0 aromatic carbocycles. The average molecular weight is 441 g/mol. The highest BCUT2D eigenvalue weighted by Crippen LogP contribution is 2.10. The second-order valence-electron chi connectivity index (χ2n) is 4.26. The van der Waals surface area contributed by atoms with E-state index in [2.05, 4.69) is 25.9 Å². The average Bonchev–Trinajstić information content (AvgIpc) is 2.88. The summed E-state index contributed by atoms with van der Waals surface area (Å²) < 4.78 is 4.86. The van der Waals surface area contributed by atoms with Crippen molar-refractivity contribution in [1.82, 2.24) is 20.9 Å². The van der Waals surface area contributed by atoms with Crippen molar-refractivity contribution < 1.29 is 9.53 Å². The number of amides is 1. The molecule has 0 aliphatic rings. The maximum Gasteiger partial charge on any atom is 0.241 e. The van der Waals surface area contributed by atoms with Crippen molar-refractivity contribution in [3.8, 4) is 0 Å². The van der Waals surface area contributed by atoms with Crippen molar-refractivity contribution in [1.29, 1.82) is 0 Å². The quantitative estimate of drug-likeness (QED) is 0.242. The zero-order valence-corrected chi connectivity index (χ0v) is 16.3. The number of aryl methyl sites for hydroxylation is 1. The summed E-state index contributed by atoms with van der Waals surface area (Å²) in [6.07, 6.45) is 1.84. The van der Waals surface area contributed by atoms with Crippen LogP contribution in [0.15, 0.2) is 11.2 Å². The van der Waals surface area contributed by atoms with Crippen LogP contribution in [0.5, 0.6) is 0 Å². The number of rotatable bonds is 8. The zero-order chi connectivity index (χ0) is 15.5. The Labute approximate surface area is 152 Å². The number of hydrogen-bond acceptors (Lipinski definition) is 5. The third-order valence-corrected chi connectivity index (χ3v) is 3.34. The van der Waals surface area contributed by atoms with Crippen LogP contribution in [0, 0.1) is 6.92 Å². The van der Waals surface area contributed by atoms with E-state index in [0.717, 1.165) is 11.6 Å². The van der Waals surface area contributed by atoms with Crippen LogP contribution in [-0.4, -0.2) is 50.2 Å². The molecule has 1 rings (SSSR count). The van der Waals surface area contributed by atoms with Gasteiger partial charge in [0, 0.05) is 31.3 Å². The number of ether oxygens (including phenoxy) is 1. The summed E-state index contributed by atoms with van der Waals surface area (Å²) in [6.45, 7) is 6.39. The van der Waals surface area contributed by atoms with Crippen LogP contribution in [0.2, 0.25) is 0 Å². The first-order chi connectivity index (χ1) is 10.2. The van der Waals surface area contributed by atoms with Crippen molar-refractivity contribution in [2.75, 3.05) is 33.4 Å². The Balaban J connectivity index is 0.00000441. The zero-order valence-electron chi connectivity index (χ0n) is 13.1. The van der Waals surface area contributed by atoms with Gasteiger partial charge in [-0.1, -0.05) is 0 Å². The fourth-order valence-electron chi connectivity index (χ4n) is 1.48. The van der Waals surface area contributed by atoms with Crippen molar-refractivity contribution in [2.24, 2.45) is 4.99 Å². The number of halogens is 1. The Bertz CT molecular complexity index is 467. The third-order valence-electron chi connectivity index (χ3n) is 2.43. The largest absolute Gasteiger partial charge is 0.383 e. The molecule has 0 unspecified atom stereocenters. The van der Waals surface area contributed by atoms with E-state index in [1.165, 1.54) is 4.88 Å². The maximum atomic E-state index is 11.6. The Hall–Kier alpha value is -0.940. The van der Waals surface area contributed by atoms with Gasteiger partial charge < -0.3 is 20.7 Å². The first-order valence-electron chi connectivity index (χ1n) is 6.84. The van der Waals surface area contributed by atoms with Crippen LogP contribution in [0.3, 0.4) is 0 Å². The molecule has 0 aliphatic carbocycles. The van der Waals surface area contributed by atoms with Crippen LogP contribution in [0.1, 0.15) is 16.8 Å². The third kappa shape index (κ3) is 9.15. The van der Waals surface area contributed by atoms with Gasteiger partial charge in [0.05, 0.1) is 13.2 Å². The molecule has 0 fully saturated rings. The van der Waals surface area contributed by atoms with E-state index in [4.69, 9.17) is 4.74 Å². The van der Waals surface area contributed by atoms with Gasteiger partial charge in [0.15, 0.2) is 5.96 Å². The molecule has 0 saturated heterocycles. The molecule has 1 aromatic rings. The van der Waals surface area contributed by atoms with Gasteiger partial charge in [-0.15, -0.1) is 35.3 Å². The number of thiazole rings is 1. The highest BCUT2D eigenvalue weighted by Gasteiger charge is 2.03. The molecule has 3 N–H and O–H groups in total. The molecule has 1 heterocycles. The van der Waals surface area contributed by atoms with Gasteiger partial charge in [-0.2, -0.15) is 0 Å². The molecule has 1 amide bonds. The number of guanidine groups is 1. The summed E-state index contributed by atoms with van der Waals surface area (Å²) in [5.41, 5.74) is 0. The highest BCUT2D eigenvalue weighted by molar-refractivity contribution is 14.0. The summed E-state index contributed by atoms with van der Waals surface area (Å²) in [6, 6.07) is 0. The lowest BCUT2D eigenvalue weighted by molar-refractivity contribution is -0.119. The van der Waals surface area contributed by atoms with Crippen LogP contribution in [0.4, 0.5) is 0 Å². The molecule has 0 radical (unpaired) electrons. The van der Waals surface area contributed by atoms with E-state index in [0.29, 0.717) is 25.7 Å². The van der Waals surface area contributed by atoms with Gasteiger partial charge in [-0.05, 0) is 13.8 Å². The second-order valence-corrected chi connectivity index (χ2v) is 5.58. The second kappa shape index (κ2) is 12.6. The minimum Gasteiger partial charge on any atom is -0.383 e. The number of aromatic nitrogens is 1. The van der Waals surface area contributed by atoms with Crippen molar-refractivity contribution in [3.63, 3.8) is 0 Å². The van der Waals surface area contributed by atoms with E-state index < -0.39 is 0 Å². The number of carbonyl (C=O) groups excluding carboxylic acids is 1. The maximum absolute atomic E-state index is 11.6. The first-order valence-corrected chi connectivity index (χ1v) is 7.66. The van der Waals surface area contributed by atoms with Crippen LogP contribution < -0.4 is 16.0 Å². The summed E-state index contributed by atoms with van der Waals surface area (Å²) in [4.78, 5) is 21.2. The summed E-state index contributed by atoms with van der Waals surface area (Å²) >= 11 is 1.64. The van der Waals surface area contributed by atoms with Gasteiger partial charge in [-0.25, -0.2) is 9.98 Å². The molecule has 0 spiro atoms. The molecule has 0 saturated carbocycles. The van der Waals surface area contributed by atoms with Crippen molar-refractivity contribution in [2.45, 2.75) is 20.4 Å². The minimum absolute atomic E-state index is 0. The van der Waals surface area contributed by atoms with E-state index >= 15 is 0 Å². The van der Waals surface area contributed by atoms with E-state index in [1.807, 2.05) is 20.0 Å². The van der Waals surface area contributed by atoms with Crippen LogP contribution in [0.25, 0.3) is 0 Å².